The fourth-order valence-electron chi connectivity index (χ4n) is 1.96. The summed E-state index contributed by atoms with van der Waals surface area (Å²) in [7, 11) is 0. The first kappa shape index (κ1) is 16.6. The van der Waals surface area contributed by atoms with Gasteiger partial charge in [-0.2, -0.15) is 0 Å². The molecule has 0 unspecified atom stereocenters. The number of carbonyl (C=O) groups excluding carboxylic acids is 3. The summed E-state index contributed by atoms with van der Waals surface area (Å²) in [5.41, 5.74) is 4.17. The van der Waals surface area contributed by atoms with Crippen LogP contribution in [0, 0.1) is 0 Å². The predicted octanol–water partition coefficient (Wildman–Crippen LogP) is 0.898. The smallest absolute Gasteiger partial charge is 0.327 e. The minimum Gasteiger partial charge on any atom is -0.486 e. The van der Waals surface area contributed by atoms with Gasteiger partial charge in [0.1, 0.15) is 18.1 Å². The third-order valence-electron chi connectivity index (χ3n) is 3.42. The van der Waals surface area contributed by atoms with E-state index in [0.717, 1.165) is 12.8 Å². The van der Waals surface area contributed by atoms with Gasteiger partial charge in [0.05, 0.1) is 0 Å². The molecule has 1 aliphatic carbocycles. The Hall–Kier alpha value is -3.29. The highest BCUT2D eigenvalue weighted by Gasteiger charge is 2.26. The number of hydrogen-bond donors (Lipinski definition) is 3. The Morgan fingerprint density at radius 1 is 1.00 bits per heavy atom. The van der Waals surface area contributed by atoms with Gasteiger partial charge in [-0.1, -0.05) is 18.2 Å². The Balaban J connectivity index is 1.45. The maximum Gasteiger partial charge on any atom is 0.327 e. The Labute approximate surface area is 143 Å². The second-order valence-corrected chi connectivity index (χ2v) is 5.52. The number of carbonyl (C=O) groups is 3. The van der Waals surface area contributed by atoms with Crippen LogP contribution in [0.15, 0.2) is 46.9 Å². The average molecular weight is 343 g/mol. The van der Waals surface area contributed by atoms with Crippen molar-refractivity contribution in [3.8, 4) is 5.75 Å². The van der Waals surface area contributed by atoms with Gasteiger partial charge >= 0.3 is 17.7 Å². The second-order valence-electron chi connectivity index (χ2n) is 5.52. The van der Waals surface area contributed by atoms with Crippen LogP contribution in [0.2, 0.25) is 0 Å². The van der Waals surface area contributed by atoms with Crippen LogP contribution in [0.5, 0.6) is 5.75 Å². The molecule has 1 saturated carbocycles. The van der Waals surface area contributed by atoms with Gasteiger partial charge in [-0.3, -0.25) is 25.2 Å². The van der Waals surface area contributed by atoms with Crippen molar-refractivity contribution in [2.75, 3.05) is 0 Å². The Bertz CT molecular complexity index is 768. The Kier molecular flexibility index (Phi) is 4.98. The quantitative estimate of drug-likeness (QED) is 0.552. The molecule has 8 heteroatoms. The van der Waals surface area contributed by atoms with Gasteiger partial charge in [0.25, 0.3) is 0 Å². The highest BCUT2D eigenvalue weighted by molar-refractivity contribution is 6.35. The van der Waals surface area contributed by atoms with E-state index < -0.39 is 17.7 Å². The number of nitrogens with one attached hydrogen (secondary N) is 3. The summed E-state index contributed by atoms with van der Waals surface area (Å²) in [6, 6.07) is 12.3. The first-order valence-corrected chi connectivity index (χ1v) is 7.79. The molecule has 3 N–H and O–H groups in total. The van der Waals surface area contributed by atoms with Crippen molar-refractivity contribution in [2.24, 2.45) is 0 Å². The minimum absolute atomic E-state index is 0.00503. The fraction of sp³-hybridized carbons (Fsp3) is 0.235. The predicted molar refractivity (Wildman–Crippen MR) is 86.3 cm³/mol. The average Bonchev–Trinajstić information content (AvgIpc) is 3.32. The lowest BCUT2D eigenvalue weighted by Gasteiger charge is -2.06. The van der Waals surface area contributed by atoms with E-state index in [2.05, 4.69) is 10.7 Å². The zero-order valence-corrected chi connectivity index (χ0v) is 13.3. The standard InChI is InChI=1S/C17H17N3O5/c21-15(19-20-17(23)16(22)18-11-6-7-11)14-9-8-13(25-14)10-24-12-4-2-1-3-5-12/h1-5,8-9,11H,6-7,10H2,(H,18,22)(H,19,21)(H,20,23). The summed E-state index contributed by atoms with van der Waals surface area (Å²) in [6.07, 6.45) is 1.73. The maximum absolute atomic E-state index is 11.9. The van der Waals surface area contributed by atoms with Crippen molar-refractivity contribution < 1.29 is 23.5 Å². The summed E-state index contributed by atoms with van der Waals surface area (Å²) in [5, 5.41) is 2.51. The number of amides is 3. The first-order chi connectivity index (χ1) is 12.1. The molecule has 0 spiro atoms. The largest absolute Gasteiger partial charge is 0.486 e. The molecule has 0 aliphatic heterocycles. The lowest BCUT2D eigenvalue weighted by molar-refractivity contribution is -0.139. The van der Waals surface area contributed by atoms with Gasteiger partial charge in [-0.25, -0.2) is 0 Å². The van der Waals surface area contributed by atoms with Crippen LogP contribution in [0.3, 0.4) is 0 Å². The molecule has 0 saturated heterocycles. The number of benzene rings is 1. The fourth-order valence-corrected chi connectivity index (χ4v) is 1.96. The summed E-state index contributed by atoms with van der Waals surface area (Å²) in [4.78, 5) is 34.9. The van der Waals surface area contributed by atoms with Crippen molar-refractivity contribution in [1.82, 2.24) is 16.2 Å². The van der Waals surface area contributed by atoms with Crippen LogP contribution in [-0.4, -0.2) is 23.8 Å². The molecule has 1 fully saturated rings. The zero-order valence-electron chi connectivity index (χ0n) is 13.3. The van der Waals surface area contributed by atoms with Crippen LogP contribution in [0.1, 0.15) is 29.2 Å². The van der Waals surface area contributed by atoms with Crippen molar-refractivity contribution in [3.05, 3.63) is 54.0 Å². The van der Waals surface area contributed by atoms with Gasteiger partial charge < -0.3 is 14.5 Å². The van der Waals surface area contributed by atoms with Crippen LogP contribution < -0.4 is 20.9 Å². The third kappa shape index (κ3) is 4.84. The van der Waals surface area contributed by atoms with Crippen molar-refractivity contribution in [3.63, 3.8) is 0 Å². The summed E-state index contributed by atoms with van der Waals surface area (Å²) >= 11 is 0. The summed E-state index contributed by atoms with van der Waals surface area (Å²) in [6.45, 7) is 0.160. The number of ether oxygens (including phenoxy) is 1. The molecule has 130 valence electrons. The van der Waals surface area contributed by atoms with Crippen LogP contribution in [0.25, 0.3) is 0 Å². The van der Waals surface area contributed by atoms with Gasteiger partial charge in [0.15, 0.2) is 5.76 Å². The van der Waals surface area contributed by atoms with Crippen molar-refractivity contribution in [2.45, 2.75) is 25.5 Å². The van der Waals surface area contributed by atoms with E-state index >= 15 is 0 Å². The second kappa shape index (κ2) is 7.52. The van der Waals surface area contributed by atoms with E-state index in [4.69, 9.17) is 9.15 Å². The normalized spacial score (nSPS) is 13.0. The molecule has 0 bridgehead atoms. The first-order valence-electron chi connectivity index (χ1n) is 7.79. The van der Waals surface area contributed by atoms with Crippen LogP contribution in [0.4, 0.5) is 0 Å². The van der Waals surface area contributed by atoms with E-state index in [0.29, 0.717) is 11.5 Å². The molecule has 1 heterocycles. The molecular weight excluding hydrogens is 326 g/mol. The maximum atomic E-state index is 11.9. The molecule has 3 amide bonds. The molecule has 0 radical (unpaired) electrons. The number of hydrogen-bond acceptors (Lipinski definition) is 5. The third-order valence-corrected chi connectivity index (χ3v) is 3.42. The van der Waals surface area contributed by atoms with Gasteiger partial charge in [0.2, 0.25) is 0 Å². The molecule has 8 nitrogen and oxygen atoms in total. The van der Waals surface area contributed by atoms with Crippen LogP contribution >= 0.6 is 0 Å². The summed E-state index contributed by atoms with van der Waals surface area (Å²) < 4.78 is 10.9. The number of para-hydroxylation sites is 1. The van der Waals surface area contributed by atoms with Gasteiger partial charge in [-0.15, -0.1) is 0 Å². The van der Waals surface area contributed by atoms with Crippen molar-refractivity contribution in [1.29, 1.82) is 0 Å². The SMILES string of the molecule is O=C(NNC(=O)c1ccc(COc2ccccc2)o1)C(=O)NC1CC1. The van der Waals surface area contributed by atoms with E-state index in [9.17, 15) is 14.4 Å². The highest BCUT2D eigenvalue weighted by atomic mass is 16.5. The zero-order chi connectivity index (χ0) is 17.6. The van der Waals surface area contributed by atoms with E-state index in [1.54, 1.807) is 18.2 Å². The summed E-state index contributed by atoms with van der Waals surface area (Å²) in [5.74, 6) is -1.25. The molecule has 1 aromatic carbocycles. The number of furan rings is 1. The Morgan fingerprint density at radius 3 is 2.48 bits per heavy atom. The lowest BCUT2D eigenvalue weighted by Crippen LogP contribution is -2.48. The van der Waals surface area contributed by atoms with Gasteiger partial charge in [-0.05, 0) is 37.1 Å². The minimum atomic E-state index is -0.931. The molecule has 1 aromatic heterocycles. The molecule has 25 heavy (non-hydrogen) atoms. The molecule has 2 aromatic rings. The topological polar surface area (TPSA) is 110 Å². The Morgan fingerprint density at radius 2 is 1.76 bits per heavy atom. The van der Waals surface area contributed by atoms with Crippen molar-refractivity contribution >= 4 is 17.7 Å². The highest BCUT2D eigenvalue weighted by Crippen LogP contribution is 2.18. The van der Waals surface area contributed by atoms with E-state index in [-0.39, 0.29) is 18.4 Å². The molecule has 0 atom stereocenters. The van der Waals surface area contributed by atoms with E-state index in [1.165, 1.54) is 6.07 Å². The number of hydrazine groups is 1. The van der Waals surface area contributed by atoms with Crippen LogP contribution in [-0.2, 0) is 16.2 Å². The number of rotatable bonds is 5. The monoisotopic (exact) mass is 343 g/mol. The molecule has 3 rings (SSSR count). The van der Waals surface area contributed by atoms with E-state index in [1.807, 2.05) is 23.6 Å². The molecule has 1 aliphatic rings. The molecular formula is C17H17N3O5. The lowest BCUT2D eigenvalue weighted by atomic mass is 10.3. The van der Waals surface area contributed by atoms with Gasteiger partial charge in [0, 0.05) is 6.04 Å².